The van der Waals surface area contributed by atoms with Gasteiger partial charge in [0.25, 0.3) is 11.8 Å². The predicted octanol–water partition coefficient (Wildman–Crippen LogP) is 2.88. The van der Waals surface area contributed by atoms with E-state index >= 15 is 0 Å². The highest BCUT2D eigenvalue weighted by Crippen LogP contribution is 2.18. The highest BCUT2D eigenvalue weighted by Gasteiger charge is 2.13. The Morgan fingerprint density at radius 3 is 1.71 bits per heavy atom. The van der Waals surface area contributed by atoms with Crippen LogP contribution in [0.25, 0.3) is 0 Å². The van der Waals surface area contributed by atoms with Gasteiger partial charge in [-0.1, -0.05) is 22.7 Å². The van der Waals surface area contributed by atoms with Crippen molar-refractivity contribution >= 4 is 44.8 Å². The zero-order valence-electron chi connectivity index (χ0n) is 15.9. The number of anilines is 2. The minimum absolute atomic E-state index is 0.209. The summed E-state index contributed by atoms with van der Waals surface area (Å²) in [6, 6.07) is 6.41. The fraction of sp³-hybridized carbons (Fsp3) is 0.222. The number of hydrogen-bond donors (Lipinski definition) is 2. The molecule has 0 unspecified atom stereocenters. The molecule has 4 aromatic rings. The highest BCUT2D eigenvalue weighted by atomic mass is 32.1. The van der Waals surface area contributed by atoms with E-state index in [1.54, 1.807) is 24.3 Å². The molecule has 13 heteroatoms. The maximum atomic E-state index is 11.9. The molecule has 0 fully saturated rings. The van der Waals surface area contributed by atoms with E-state index in [4.69, 9.17) is 13.6 Å². The molecule has 4 aromatic heterocycles. The van der Waals surface area contributed by atoms with Gasteiger partial charge >= 0.3 is 0 Å². The normalized spacial score (nSPS) is 10.8. The third kappa shape index (κ3) is 5.81. The van der Waals surface area contributed by atoms with Crippen LogP contribution in [0, 0.1) is 0 Å². The van der Waals surface area contributed by atoms with Crippen LogP contribution in [0.1, 0.15) is 31.1 Å². The summed E-state index contributed by atoms with van der Waals surface area (Å²) in [6.45, 7) is 0.892. The molecule has 2 amide bonds. The molecule has 2 N–H and O–H groups in total. The molecule has 4 heterocycles. The number of rotatable bonds is 10. The molecule has 160 valence electrons. The number of ether oxygens (including phenoxy) is 1. The highest BCUT2D eigenvalue weighted by molar-refractivity contribution is 7.15. The topological polar surface area (TPSA) is 145 Å². The van der Waals surface area contributed by atoms with Crippen LogP contribution in [0.4, 0.5) is 10.3 Å². The number of amides is 2. The van der Waals surface area contributed by atoms with Crippen LogP contribution in [0.2, 0.25) is 0 Å². The van der Waals surface area contributed by atoms with Crippen LogP contribution in [-0.4, -0.2) is 45.4 Å². The molecule has 0 aliphatic carbocycles. The molecule has 0 aromatic carbocycles. The fourth-order valence-corrected chi connectivity index (χ4v) is 3.80. The fourth-order valence-electron chi connectivity index (χ4n) is 2.36. The summed E-state index contributed by atoms with van der Waals surface area (Å²) in [5, 5.41) is 23.5. The third-order valence-corrected chi connectivity index (χ3v) is 5.58. The Kier molecular flexibility index (Phi) is 6.76. The van der Waals surface area contributed by atoms with E-state index in [1.165, 1.54) is 35.2 Å². The summed E-state index contributed by atoms with van der Waals surface area (Å²) >= 11 is 2.55. The zero-order chi connectivity index (χ0) is 21.5. The van der Waals surface area contributed by atoms with Crippen molar-refractivity contribution in [1.82, 2.24) is 20.4 Å². The Bertz CT molecular complexity index is 1030. The van der Waals surface area contributed by atoms with Gasteiger partial charge in [-0.3, -0.25) is 20.2 Å². The van der Waals surface area contributed by atoms with E-state index in [2.05, 4.69) is 31.0 Å². The van der Waals surface area contributed by atoms with Crippen molar-refractivity contribution in [3.8, 4) is 0 Å². The van der Waals surface area contributed by atoms with Crippen molar-refractivity contribution in [3.63, 3.8) is 0 Å². The number of nitrogens with one attached hydrogen (secondary N) is 2. The van der Waals surface area contributed by atoms with E-state index in [0.717, 1.165) is 10.0 Å². The van der Waals surface area contributed by atoms with Crippen LogP contribution in [-0.2, 0) is 17.6 Å². The monoisotopic (exact) mass is 460 g/mol. The first-order valence-electron chi connectivity index (χ1n) is 9.09. The van der Waals surface area contributed by atoms with Crippen LogP contribution in [0.15, 0.2) is 45.6 Å². The van der Waals surface area contributed by atoms with E-state index in [0.29, 0.717) is 36.3 Å². The lowest BCUT2D eigenvalue weighted by atomic mass is 10.4. The van der Waals surface area contributed by atoms with Crippen molar-refractivity contribution in [2.45, 2.75) is 12.8 Å². The van der Waals surface area contributed by atoms with Crippen molar-refractivity contribution in [3.05, 3.63) is 58.3 Å². The van der Waals surface area contributed by atoms with Gasteiger partial charge in [0.15, 0.2) is 11.5 Å². The van der Waals surface area contributed by atoms with Gasteiger partial charge < -0.3 is 13.6 Å². The Morgan fingerprint density at radius 2 is 1.29 bits per heavy atom. The summed E-state index contributed by atoms with van der Waals surface area (Å²) in [5.41, 5.74) is 0. The number of nitrogens with zero attached hydrogens (tertiary/aromatic N) is 4. The molecule has 0 saturated heterocycles. The van der Waals surface area contributed by atoms with Gasteiger partial charge in [0, 0.05) is 12.8 Å². The quantitative estimate of drug-likeness (QED) is 0.341. The zero-order valence-corrected chi connectivity index (χ0v) is 17.6. The summed E-state index contributed by atoms with van der Waals surface area (Å²) in [7, 11) is 0. The second-order valence-electron chi connectivity index (χ2n) is 5.98. The van der Waals surface area contributed by atoms with Crippen LogP contribution < -0.4 is 10.6 Å². The van der Waals surface area contributed by atoms with Gasteiger partial charge in [0.2, 0.25) is 10.3 Å². The minimum atomic E-state index is -0.374. The SMILES string of the molecule is O=C(Nc1nnc(CCOCCc2nnc(NC(=O)c3ccco3)s2)s1)c1ccco1. The lowest BCUT2D eigenvalue weighted by Crippen LogP contribution is -2.10. The summed E-state index contributed by atoms with van der Waals surface area (Å²) < 4.78 is 15.7. The van der Waals surface area contributed by atoms with Crippen molar-refractivity contribution in [1.29, 1.82) is 0 Å². The number of carbonyl (C=O) groups excluding carboxylic acids is 2. The maximum Gasteiger partial charge on any atom is 0.293 e. The lowest BCUT2D eigenvalue weighted by molar-refractivity contribution is 0.0989. The smallest absolute Gasteiger partial charge is 0.293 e. The number of furan rings is 2. The summed E-state index contributed by atoms with van der Waals surface area (Å²) in [5.74, 6) is -0.331. The molecule has 0 aliphatic rings. The largest absolute Gasteiger partial charge is 0.459 e. The standard InChI is InChI=1S/C18H16N6O5S2/c25-15(11-3-1-7-28-11)19-17-23-21-13(30-17)5-9-27-10-6-14-22-24-18(31-14)20-16(26)12-4-2-8-29-12/h1-4,7-8H,5-6,9-10H2,(H,19,23,25)(H,20,24,26). The molecule has 0 spiro atoms. The summed E-state index contributed by atoms with van der Waals surface area (Å²) in [6.07, 6.45) is 3.98. The van der Waals surface area contributed by atoms with Crippen molar-refractivity contribution < 1.29 is 23.2 Å². The molecule has 0 aliphatic heterocycles. The average Bonchev–Trinajstić information content (AvgIpc) is 3.55. The Morgan fingerprint density at radius 1 is 0.806 bits per heavy atom. The first kappa shape index (κ1) is 20.8. The average molecular weight is 460 g/mol. The minimum Gasteiger partial charge on any atom is -0.459 e. The van der Waals surface area contributed by atoms with Gasteiger partial charge in [0.1, 0.15) is 10.0 Å². The molecular formula is C18H16N6O5S2. The van der Waals surface area contributed by atoms with Crippen molar-refractivity contribution in [2.75, 3.05) is 23.8 Å². The number of aromatic nitrogens is 4. The van der Waals surface area contributed by atoms with Crippen LogP contribution >= 0.6 is 22.7 Å². The lowest BCUT2D eigenvalue weighted by Gasteiger charge is -2.00. The predicted molar refractivity (Wildman–Crippen MR) is 111 cm³/mol. The maximum absolute atomic E-state index is 11.9. The Balaban J connectivity index is 1.14. The van der Waals surface area contributed by atoms with Gasteiger partial charge in [0.05, 0.1) is 25.7 Å². The molecule has 0 radical (unpaired) electrons. The molecule has 31 heavy (non-hydrogen) atoms. The number of carbonyl (C=O) groups is 2. The second-order valence-corrected chi connectivity index (χ2v) is 8.10. The Labute approximate surface area is 183 Å². The van der Waals surface area contributed by atoms with Gasteiger partial charge in [-0.25, -0.2) is 0 Å². The first-order chi connectivity index (χ1) is 15.2. The molecule has 0 bridgehead atoms. The van der Waals surface area contributed by atoms with E-state index < -0.39 is 0 Å². The van der Waals surface area contributed by atoms with Crippen LogP contribution in [0.5, 0.6) is 0 Å². The molecule has 0 saturated carbocycles. The second kappa shape index (κ2) is 10.1. The molecule has 4 rings (SSSR count). The van der Waals surface area contributed by atoms with Gasteiger partial charge in [-0.05, 0) is 24.3 Å². The van der Waals surface area contributed by atoms with E-state index in [1.807, 2.05) is 0 Å². The van der Waals surface area contributed by atoms with Gasteiger partial charge in [-0.15, -0.1) is 20.4 Å². The van der Waals surface area contributed by atoms with Crippen molar-refractivity contribution in [2.24, 2.45) is 0 Å². The Hall–Kier alpha value is -3.42. The molecule has 11 nitrogen and oxygen atoms in total. The first-order valence-corrected chi connectivity index (χ1v) is 10.7. The van der Waals surface area contributed by atoms with E-state index in [-0.39, 0.29) is 23.3 Å². The molecular weight excluding hydrogens is 444 g/mol. The number of hydrogen-bond acceptors (Lipinski definition) is 11. The van der Waals surface area contributed by atoms with Gasteiger partial charge in [-0.2, -0.15) is 0 Å². The third-order valence-electron chi connectivity index (χ3n) is 3.79. The van der Waals surface area contributed by atoms with Crippen LogP contribution in [0.3, 0.4) is 0 Å². The van der Waals surface area contributed by atoms with E-state index in [9.17, 15) is 9.59 Å². The summed E-state index contributed by atoms with van der Waals surface area (Å²) in [4.78, 5) is 23.8. The molecule has 0 atom stereocenters.